The van der Waals surface area contributed by atoms with Crippen molar-refractivity contribution < 1.29 is 12.9 Å². The van der Waals surface area contributed by atoms with Gasteiger partial charge in [-0.05, 0) is 6.92 Å². The van der Waals surface area contributed by atoms with E-state index in [9.17, 15) is 8.42 Å². The van der Waals surface area contributed by atoms with Crippen molar-refractivity contribution in [3.63, 3.8) is 0 Å². The van der Waals surface area contributed by atoms with Crippen LogP contribution >= 0.6 is 0 Å². The summed E-state index contributed by atoms with van der Waals surface area (Å²) in [6.45, 7) is 3.17. The molecule has 0 fully saturated rings. The Labute approximate surface area is 82.4 Å². The van der Waals surface area contributed by atoms with Crippen molar-refractivity contribution in [2.45, 2.75) is 19.4 Å². The van der Waals surface area contributed by atoms with Crippen molar-refractivity contribution in [1.29, 1.82) is 0 Å². The Bertz CT molecular complexity index is 421. The van der Waals surface area contributed by atoms with Crippen LogP contribution < -0.4 is 5.73 Å². The third kappa shape index (κ3) is 2.78. The molecule has 0 saturated heterocycles. The van der Waals surface area contributed by atoms with Crippen LogP contribution in [-0.2, 0) is 15.4 Å². The average molecular weight is 219 g/mol. The average Bonchev–Trinajstić information content (AvgIpc) is 2.29. The number of hydrogen-bond donors (Lipinski definition) is 1. The highest BCUT2D eigenvalue weighted by Crippen LogP contribution is 2.15. The molecule has 0 unspecified atom stereocenters. The van der Waals surface area contributed by atoms with E-state index in [0.717, 1.165) is 6.26 Å². The van der Waals surface area contributed by atoms with Crippen LogP contribution in [0.3, 0.4) is 0 Å². The fourth-order valence-corrected chi connectivity index (χ4v) is 2.36. The Morgan fingerprint density at radius 1 is 1.57 bits per heavy atom. The Morgan fingerprint density at radius 3 is 2.50 bits per heavy atom. The van der Waals surface area contributed by atoms with Gasteiger partial charge in [-0.15, -0.1) is 0 Å². The van der Waals surface area contributed by atoms with E-state index in [-0.39, 0.29) is 11.6 Å². The van der Waals surface area contributed by atoms with Gasteiger partial charge in [-0.1, -0.05) is 5.16 Å². The molecule has 0 saturated carbocycles. The summed E-state index contributed by atoms with van der Waals surface area (Å²) in [5.41, 5.74) is 4.67. The van der Waals surface area contributed by atoms with E-state index in [0.29, 0.717) is 5.89 Å². The quantitative estimate of drug-likeness (QED) is 0.742. The second kappa shape index (κ2) is 3.32. The highest BCUT2D eigenvalue weighted by Gasteiger charge is 2.31. The first kappa shape index (κ1) is 11.1. The highest BCUT2D eigenvalue weighted by atomic mass is 32.2. The van der Waals surface area contributed by atoms with E-state index in [1.807, 2.05) is 0 Å². The molecule has 0 radical (unpaired) electrons. The van der Waals surface area contributed by atoms with Gasteiger partial charge in [0.05, 0.1) is 11.3 Å². The summed E-state index contributed by atoms with van der Waals surface area (Å²) in [7, 11) is -3.17. The summed E-state index contributed by atoms with van der Waals surface area (Å²) in [6, 6.07) is 0. The third-order valence-electron chi connectivity index (χ3n) is 1.60. The topological polar surface area (TPSA) is 99.1 Å². The second-order valence-electron chi connectivity index (χ2n) is 3.62. The van der Waals surface area contributed by atoms with Gasteiger partial charge in [0.25, 0.3) is 0 Å². The molecule has 2 N–H and O–H groups in total. The van der Waals surface area contributed by atoms with Crippen LogP contribution in [0, 0.1) is 6.92 Å². The lowest BCUT2D eigenvalue weighted by molar-refractivity contribution is 0.372. The molecular weight excluding hydrogens is 206 g/mol. The summed E-state index contributed by atoms with van der Waals surface area (Å²) in [5, 5.41) is 3.60. The van der Waals surface area contributed by atoms with E-state index < -0.39 is 15.4 Å². The van der Waals surface area contributed by atoms with Crippen molar-refractivity contribution >= 4 is 9.84 Å². The van der Waals surface area contributed by atoms with Gasteiger partial charge in [-0.25, -0.2) is 8.42 Å². The van der Waals surface area contributed by atoms with Crippen LogP contribution in [0.25, 0.3) is 0 Å². The monoisotopic (exact) mass is 219 g/mol. The Hall–Kier alpha value is -0.950. The maximum Gasteiger partial charge on any atom is 0.223 e. The smallest absolute Gasteiger partial charge is 0.223 e. The first-order chi connectivity index (χ1) is 6.21. The van der Waals surface area contributed by atoms with Gasteiger partial charge in [-0.3, -0.25) is 0 Å². The second-order valence-corrected chi connectivity index (χ2v) is 5.76. The normalized spacial score (nSPS) is 16.6. The van der Waals surface area contributed by atoms with Gasteiger partial charge < -0.3 is 10.3 Å². The Balaban J connectivity index is 2.96. The SMILES string of the molecule is Cc1nc([C@](C)(N)CS(C)(=O)=O)no1. The van der Waals surface area contributed by atoms with Gasteiger partial charge >= 0.3 is 0 Å². The molecule has 0 spiro atoms. The van der Waals surface area contributed by atoms with Crippen molar-refractivity contribution in [2.24, 2.45) is 5.73 Å². The van der Waals surface area contributed by atoms with Gasteiger partial charge in [-0.2, -0.15) is 4.98 Å². The standard InChI is InChI=1S/C7H13N3O3S/c1-5-9-6(10-13-5)7(2,8)4-14(3,11)12/h4,8H2,1-3H3/t7-/m1/s1. The third-order valence-corrected chi connectivity index (χ3v) is 2.72. The maximum absolute atomic E-state index is 11.1. The molecule has 0 aromatic carbocycles. The molecule has 0 aliphatic carbocycles. The van der Waals surface area contributed by atoms with Crippen molar-refractivity contribution in [3.8, 4) is 0 Å². The molecule has 1 heterocycles. The Morgan fingerprint density at radius 2 is 2.14 bits per heavy atom. The fourth-order valence-electron chi connectivity index (χ4n) is 1.14. The maximum atomic E-state index is 11.1. The molecule has 7 heteroatoms. The van der Waals surface area contributed by atoms with Gasteiger partial charge in [0.2, 0.25) is 5.89 Å². The van der Waals surface area contributed by atoms with Crippen LogP contribution in [-0.4, -0.2) is 30.6 Å². The molecule has 0 aliphatic heterocycles. The van der Waals surface area contributed by atoms with Crippen LogP contribution in [0.4, 0.5) is 0 Å². The van der Waals surface area contributed by atoms with Gasteiger partial charge in [0.1, 0.15) is 9.84 Å². The largest absolute Gasteiger partial charge is 0.340 e. The van der Waals surface area contributed by atoms with Crippen molar-refractivity contribution in [2.75, 3.05) is 12.0 Å². The molecule has 1 rings (SSSR count). The molecule has 6 nitrogen and oxygen atoms in total. The number of rotatable bonds is 3. The molecule has 1 atom stereocenters. The summed E-state index contributed by atoms with van der Waals surface area (Å²) >= 11 is 0. The number of hydrogen-bond acceptors (Lipinski definition) is 6. The number of aryl methyl sites for hydroxylation is 1. The number of aromatic nitrogens is 2. The zero-order chi connectivity index (χ0) is 11.0. The lowest BCUT2D eigenvalue weighted by Crippen LogP contribution is -2.41. The van der Waals surface area contributed by atoms with Crippen molar-refractivity contribution in [3.05, 3.63) is 11.7 Å². The number of sulfone groups is 1. The molecular formula is C7H13N3O3S. The van der Waals surface area contributed by atoms with E-state index >= 15 is 0 Å². The summed E-state index contributed by atoms with van der Waals surface area (Å²) in [4.78, 5) is 3.90. The van der Waals surface area contributed by atoms with Crippen molar-refractivity contribution in [1.82, 2.24) is 10.1 Å². The molecule has 1 aromatic heterocycles. The predicted octanol–water partition coefficient (Wildman–Crippen LogP) is -0.403. The molecule has 0 amide bonds. The summed E-state index contributed by atoms with van der Waals surface area (Å²) in [5.74, 6) is 0.365. The molecule has 80 valence electrons. The number of nitrogens with two attached hydrogens (primary N) is 1. The van der Waals surface area contributed by atoms with Crippen LogP contribution in [0.15, 0.2) is 4.52 Å². The zero-order valence-electron chi connectivity index (χ0n) is 8.31. The zero-order valence-corrected chi connectivity index (χ0v) is 9.13. The minimum atomic E-state index is -3.17. The lowest BCUT2D eigenvalue weighted by Gasteiger charge is -2.18. The van der Waals surface area contributed by atoms with E-state index in [1.165, 1.54) is 0 Å². The van der Waals surface area contributed by atoms with Crippen LogP contribution in [0.1, 0.15) is 18.6 Å². The summed E-state index contributed by atoms with van der Waals surface area (Å²) in [6.07, 6.45) is 1.12. The number of nitrogens with zero attached hydrogens (tertiary/aromatic N) is 2. The predicted molar refractivity (Wildman–Crippen MR) is 50.3 cm³/mol. The molecule has 0 bridgehead atoms. The molecule has 0 aliphatic rings. The van der Waals surface area contributed by atoms with Gasteiger partial charge in [0, 0.05) is 13.2 Å². The minimum absolute atomic E-state index is 0.209. The van der Waals surface area contributed by atoms with E-state index in [1.54, 1.807) is 13.8 Å². The van der Waals surface area contributed by atoms with Crippen LogP contribution in [0.2, 0.25) is 0 Å². The fraction of sp³-hybridized carbons (Fsp3) is 0.714. The molecule has 14 heavy (non-hydrogen) atoms. The minimum Gasteiger partial charge on any atom is -0.340 e. The van der Waals surface area contributed by atoms with E-state index in [4.69, 9.17) is 10.3 Å². The summed E-state index contributed by atoms with van der Waals surface area (Å²) < 4.78 is 26.9. The van der Waals surface area contributed by atoms with E-state index in [2.05, 4.69) is 10.1 Å². The van der Waals surface area contributed by atoms with Crippen LogP contribution in [0.5, 0.6) is 0 Å². The Kier molecular flexibility index (Phi) is 2.64. The van der Waals surface area contributed by atoms with Gasteiger partial charge in [0.15, 0.2) is 5.82 Å². The highest BCUT2D eigenvalue weighted by molar-refractivity contribution is 7.90. The first-order valence-corrected chi connectivity index (χ1v) is 6.04. The first-order valence-electron chi connectivity index (χ1n) is 3.98. The lowest BCUT2D eigenvalue weighted by atomic mass is 10.1. The molecule has 1 aromatic rings.